The molecule has 130 valence electrons. The average Bonchev–Trinajstić information content (AvgIpc) is 2.51. The second kappa shape index (κ2) is 10.6. The predicted octanol–water partition coefficient (Wildman–Crippen LogP) is 2.30. The quantitative estimate of drug-likeness (QED) is 0.545. The molecule has 4 nitrogen and oxygen atoms in total. The third-order valence-electron chi connectivity index (χ3n) is 5.29. The van der Waals surface area contributed by atoms with Crippen molar-refractivity contribution in [2.75, 3.05) is 66.6 Å². The first-order valence-electron chi connectivity index (χ1n) is 9.43. The molecule has 2 rings (SSSR count). The highest BCUT2D eigenvalue weighted by molar-refractivity contribution is 4.88. The highest BCUT2D eigenvalue weighted by atomic mass is 16.5. The second-order valence-electron chi connectivity index (χ2n) is 7.22. The molecule has 0 atom stereocenters. The lowest BCUT2D eigenvalue weighted by molar-refractivity contribution is 0.0176. The van der Waals surface area contributed by atoms with Crippen LogP contribution in [0.2, 0.25) is 0 Å². The summed E-state index contributed by atoms with van der Waals surface area (Å²) in [6, 6.07) is 0.852. The molecule has 0 aromatic carbocycles. The lowest BCUT2D eigenvalue weighted by atomic mass is 10.1. The molecule has 2 fully saturated rings. The monoisotopic (exact) mass is 311 g/mol. The normalized spacial score (nSPS) is 22.1. The minimum absolute atomic E-state index is 0.852. The fourth-order valence-corrected chi connectivity index (χ4v) is 3.71. The van der Waals surface area contributed by atoms with E-state index in [2.05, 4.69) is 21.7 Å². The van der Waals surface area contributed by atoms with Crippen LogP contribution >= 0.6 is 0 Å². The zero-order chi connectivity index (χ0) is 15.6. The molecular weight excluding hydrogens is 274 g/mol. The molecule has 0 spiro atoms. The van der Waals surface area contributed by atoms with E-state index < -0.39 is 0 Å². The molecular formula is C18H37N3O. The van der Waals surface area contributed by atoms with Crippen LogP contribution in [0.15, 0.2) is 0 Å². The molecule has 0 aromatic heterocycles. The summed E-state index contributed by atoms with van der Waals surface area (Å²) in [6.07, 6.45) is 9.60. The summed E-state index contributed by atoms with van der Waals surface area (Å²) in [7, 11) is 4.02. The van der Waals surface area contributed by atoms with Gasteiger partial charge >= 0.3 is 0 Å². The van der Waals surface area contributed by atoms with Gasteiger partial charge in [0.05, 0.1) is 0 Å². The highest BCUT2D eigenvalue weighted by Crippen LogP contribution is 2.15. The largest absolute Gasteiger partial charge is 0.385 e. The van der Waals surface area contributed by atoms with Crippen molar-refractivity contribution >= 4 is 0 Å². The summed E-state index contributed by atoms with van der Waals surface area (Å²) < 4.78 is 5.08. The minimum Gasteiger partial charge on any atom is -0.385 e. The van der Waals surface area contributed by atoms with E-state index in [9.17, 15) is 0 Å². The van der Waals surface area contributed by atoms with Crippen molar-refractivity contribution in [1.82, 2.24) is 14.7 Å². The van der Waals surface area contributed by atoms with Crippen molar-refractivity contribution < 1.29 is 4.74 Å². The third-order valence-corrected chi connectivity index (χ3v) is 5.29. The number of unbranched alkanes of at least 4 members (excludes halogenated alkanes) is 6. The Balaban J connectivity index is 1.38. The molecule has 2 heterocycles. The molecule has 0 aromatic rings. The van der Waals surface area contributed by atoms with Crippen LogP contribution in [0.4, 0.5) is 0 Å². The van der Waals surface area contributed by atoms with Crippen molar-refractivity contribution in [2.24, 2.45) is 0 Å². The third kappa shape index (κ3) is 6.53. The molecule has 0 unspecified atom stereocenters. The molecule has 2 saturated heterocycles. The molecule has 0 N–H and O–H groups in total. The smallest absolute Gasteiger partial charge is 0.0462 e. The Morgan fingerprint density at radius 3 is 2.00 bits per heavy atom. The van der Waals surface area contributed by atoms with Crippen molar-refractivity contribution in [2.45, 2.75) is 51.0 Å². The number of ether oxygens (including phenoxy) is 1. The molecule has 2 aliphatic heterocycles. The first kappa shape index (κ1) is 18.2. The number of hydrogen-bond acceptors (Lipinski definition) is 4. The van der Waals surface area contributed by atoms with Crippen LogP contribution in [-0.4, -0.2) is 87.3 Å². The van der Waals surface area contributed by atoms with Gasteiger partial charge in [0.15, 0.2) is 0 Å². The molecule has 4 heteroatoms. The lowest BCUT2D eigenvalue weighted by Crippen LogP contribution is -2.61. The van der Waals surface area contributed by atoms with Crippen LogP contribution in [0, 0.1) is 0 Å². The Labute approximate surface area is 137 Å². The van der Waals surface area contributed by atoms with Gasteiger partial charge in [0.2, 0.25) is 0 Å². The van der Waals surface area contributed by atoms with Gasteiger partial charge in [-0.1, -0.05) is 32.1 Å². The number of rotatable bonds is 11. The van der Waals surface area contributed by atoms with E-state index in [-0.39, 0.29) is 0 Å². The molecule has 2 aliphatic rings. The SMILES string of the molecule is COCCCCCCCCCN1CCN(C2CN(C)C2)CC1. The van der Waals surface area contributed by atoms with Crippen molar-refractivity contribution in [3.63, 3.8) is 0 Å². The number of methoxy groups -OCH3 is 1. The van der Waals surface area contributed by atoms with Gasteiger partial charge < -0.3 is 14.5 Å². The Bertz CT molecular complexity index is 274. The van der Waals surface area contributed by atoms with Crippen molar-refractivity contribution in [3.05, 3.63) is 0 Å². The standard InChI is InChI=1S/C18H37N3O/c1-19-16-18(17-19)21-13-11-20(12-14-21)10-8-6-4-3-5-7-9-15-22-2/h18H,3-17H2,1-2H3. The predicted molar refractivity (Wildman–Crippen MR) is 93.5 cm³/mol. The van der Waals surface area contributed by atoms with E-state index in [1.165, 1.54) is 90.8 Å². The van der Waals surface area contributed by atoms with Crippen LogP contribution in [0.1, 0.15) is 44.9 Å². The number of nitrogens with zero attached hydrogens (tertiary/aromatic N) is 3. The fraction of sp³-hybridized carbons (Fsp3) is 1.00. The Kier molecular flexibility index (Phi) is 8.75. The summed E-state index contributed by atoms with van der Waals surface area (Å²) in [5.74, 6) is 0. The zero-order valence-electron chi connectivity index (χ0n) is 14.9. The number of hydrogen-bond donors (Lipinski definition) is 0. The molecule has 0 bridgehead atoms. The van der Waals surface area contributed by atoms with E-state index in [1.54, 1.807) is 7.11 Å². The highest BCUT2D eigenvalue weighted by Gasteiger charge is 2.30. The topological polar surface area (TPSA) is 19.0 Å². The van der Waals surface area contributed by atoms with Gasteiger partial charge in [-0.05, 0) is 26.4 Å². The van der Waals surface area contributed by atoms with Crippen LogP contribution in [-0.2, 0) is 4.74 Å². The zero-order valence-corrected chi connectivity index (χ0v) is 14.9. The van der Waals surface area contributed by atoms with E-state index >= 15 is 0 Å². The van der Waals surface area contributed by atoms with Gasteiger partial charge in [-0.2, -0.15) is 0 Å². The summed E-state index contributed by atoms with van der Waals surface area (Å²) in [6.45, 7) is 9.98. The number of piperazine rings is 1. The van der Waals surface area contributed by atoms with E-state index in [1.807, 2.05) is 0 Å². The summed E-state index contributed by atoms with van der Waals surface area (Å²) in [4.78, 5) is 7.81. The Morgan fingerprint density at radius 1 is 0.818 bits per heavy atom. The maximum absolute atomic E-state index is 5.08. The van der Waals surface area contributed by atoms with E-state index in [0.717, 1.165) is 12.6 Å². The van der Waals surface area contributed by atoms with Crippen LogP contribution < -0.4 is 0 Å². The van der Waals surface area contributed by atoms with Gasteiger partial charge in [0, 0.05) is 59.0 Å². The first-order chi connectivity index (χ1) is 10.8. The van der Waals surface area contributed by atoms with E-state index in [0.29, 0.717) is 0 Å². The Hall–Kier alpha value is -0.160. The average molecular weight is 312 g/mol. The lowest BCUT2D eigenvalue weighted by Gasteiger charge is -2.47. The maximum atomic E-state index is 5.08. The van der Waals surface area contributed by atoms with Crippen LogP contribution in [0.5, 0.6) is 0 Å². The molecule has 0 radical (unpaired) electrons. The summed E-state index contributed by atoms with van der Waals surface area (Å²) >= 11 is 0. The fourth-order valence-electron chi connectivity index (χ4n) is 3.71. The van der Waals surface area contributed by atoms with Gasteiger partial charge in [0.1, 0.15) is 0 Å². The van der Waals surface area contributed by atoms with Crippen LogP contribution in [0.3, 0.4) is 0 Å². The van der Waals surface area contributed by atoms with Crippen molar-refractivity contribution in [1.29, 1.82) is 0 Å². The second-order valence-corrected chi connectivity index (χ2v) is 7.22. The number of likely N-dealkylation sites (tertiary alicyclic amines) is 1. The molecule has 0 aliphatic carbocycles. The maximum Gasteiger partial charge on any atom is 0.0462 e. The molecule has 0 saturated carbocycles. The van der Waals surface area contributed by atoms with Gasteiger partial charge in [-0.15, -0.1) is 0 Å². The van der Waals surface area contributed by atoms with Crippen molar-refractivity contribution in [3.8, 4) is 0 Å². The van der Waals surface area contributed by atoms with E-state index in [4.69, 9.17) is 4.74 Å². The van der Waals surface area contributed by atoms with Gasteiger partial charge in [-0.25, -0.2) is 0 Å². The van der Waals surface area contributed by atoms with Gasteiger partial charge in [-0.3, -0.25) is 4.90 Å². The minimum atomic E-state index is 0.852. The first-order valence-corrected chi connectivity index (χ1v) is 9.43. The Morgan fingerprint density at radius 2 is 1.41 bits per heavy atom. The molecule has 22 heavy (non-hydrogen) atoms. The van der Waals surface area contributed by atoms with Crippen LogP contribution in [0.25, 0.3) is 0 Å². The number of likely N-dealkylation sites (N-methyl/N-ethyl adjacent to an activating group) is 1. The van der Waals surface area contributed by atoms with Gasteiger partial charge in [0.25, 0.3) is 0 Å². The summed E-state index contributed by atoms with van der Waals surface area (Å²) in [5, 5.41) is 0. The molecule has 0 amide bonds. The summed E-state index contributed by atoms with van der Waals surface area (Å²) in [5.41, 5.74) is 0.